The molecular weight excluding hydrogens is 218 g/mol. The van der Waals surface area contributed by atoms with Gasteiger partial charge in [0.05, 0.1) is 0 Å². The van der Waals surface area contributed by atoms with E-state index in [0.717, 1.165) is 6.42 Å². The fraction of sp³-hybridized carbons (Fsp3) is 0.294. The van der Waals surface area contributed by atoms with Crippen LogP contribution in [-0.2, 0) is 6.42 Å². The van der Waals surface area contributed by atoms with E-state index in [1.807, 2.05) is 0 Å². The average Bonchev–Trinajstić information content (AvgIpc) is 2.39. The molecule has 2 aromatic carbocycles. The summed E-state index contributed by atoms with van der Waals surface area (Å²) < 4.78 is 0. The minimum absolute atomic E-state index is 0.331. The molecule has 0 spiro atoms. The molecule has 2 aromatic rings. The van der Waals surface area contributed by atoms with Crippen molar-refractivity contribution in [2.45, 2.75) is 33.2 Å². The van der Waals surface area contributed by atoms with Gasteiger partial charge in [0, 0.05) is 11.7 Å². The summed E-state index contributed by atoms with van der Waals surface area (Å²) in [5.41, 5.74) is 5.19. The van der Waals surface area contributed by atoms with E-state index in [9.17, 15) is 0 Å². The van der Waals surface area contributed by atoms with Crippen LogP contribution < -0.4 is 5.32 Å². The molecule has 2 rings (SSSR count). The Bertz CT molecular complexity index is 499. The highest BCUT2D eigenvalue weighted by Crippen LogP contribution is 2.20. The first-order chi connectivity index (χ1) is 8.69. The van der Waals surface area contributed by atoms with Crippen molar-refractivity contribution in [2.24, 2.45) is 0 Å². The quantitative estimate of drug-likeness (QED) is 0.813. The van der Waals surface area contributed by atoms with Crippen molar-refractivity contribution < 1.29 is 0 Å². The van der Waals surface area contributed by atoms with Crippen molar-refractivity contribution in [1.29, 1.82) is 0 Å². The minimum atomic E-state index is 0.331. The maximum atomic E-state index is 3.54. The van der Waals surface area contributed by atoms with E-state index < -0.39 is 0 Å². The normalized spacial score (nSPS) is 12.2. The molecule has 94 valence electrons. The van der Waals surface area contributed by atoms with Gasteiger partial charge < -0.3 is 5.32 Å². The Morgan fingerprint density at radius 2 is 1.78 bits per heavy atom. The van der Waals surface area contributed by atoms with Gasteiger partial charge in [0.25, 0.3) is 0 Å². The largest absolute Gasteiger partial charge is 0.379 e. The van der Waals surface area contributed by atoms with E-state index in [1.165, 1.54) is 22.4 Å². The first-order valence-corrected chi connectivity index (χ1v) is 6.61. The summed E-state index contributed by atoms with van der Waals surface area (Å²) >= 11 is 0. The fourth-order valence-electron chi connectivity index (χ4n) is 2.11. The van der Waals surface area contributed by atoms with Crippen molar-refractivity contribution in [3.63, 3.8) is 0 Å². The van der Waals surface area contributed by atoms with Gasteiger partial charge in [-0.2, -0.15) is 0 Å². The van der Waals surface area contributed by atoms with Crippen LogP contribution in [0.3, 0.4) is 0 Å². The van der Waals surface area contributed by atoms with E-state index in [2.05, 4.69) is 74.6 Å². The topological polar surface area (TPSA) is 12.0 Å². The Labute approximate surface area is 110 Å². The smallest absolute Gasteiger partial charge is 0.0485 e. The molecule has 0 heterocycles. The van der Waals surface area contributed by atoms with Gasteiger partial charge in [0.2, 0.25) is 0 Å². The average molecular weight is 239 g/mol. The fourth-order valence-corrected chi connectivity index (χ4v) is 2.11. The molecule has 0 aliphatic carbocycles. The molecule has 0 aliphatic rings. The van der Waals surface area contributed by atoms with Gasteiger partial charge in [-0.25, -0.2) is 0 Å². The second-order valence-corrected chi connectivity index (χ2v) is 4.83. The molecular formula is C17H21N. The van der Waals surface area contributed by atoms with E-state index in [1.54, 1.807) is 0 Å². The third-order valence-corrected chi connectivity index (χ3v) is 3.29. The molecule has 18 heavy (non-hydrogen) atoms. The molecule has 0 fully saturated rings. The molecule has 1 N–H and O–H groups in total. The first-order valence-electron chi connectivity index (χ1n) is 6.61. The van der Waals surface area contributed by atoms with Crippen LogP contribution in [0.5, 0.6) is 0 Å². The summed E-state index contributed by atoms with van der Waals surface area (Å²) in [4.78, 5) is 0. The zero-order valence-electron chi connectivity index (χ0n) is 11.4. The summed E-state index contributed by atoms with van der Waals surface area (Å²) in [6.45, 7) is 6.50. The lowest BCUT2D eigenvalue weighted by atomic mass is 10.0. The third kappa shape index (κ3) is 3.13. The maximum absolute atomic E-state index is 3.54. The van der Waals surface area contributed by atoms with E-state index in [0.29, 0.717) is 6.04 Å². The van der Waals surface area contributed by atoms with Crippen molar-refractivity contribution in [1.82, 2.24) is 0 Å². The zero-order valence-corrected chi connectivity index (χ0v) is 11.4. The van der Waals surface area contributed by atoms with Gasteiger partial charge in [0.15, 0.2) is 0 Å². The number of rotatable bonds is 4. The minimum Gasteiger partial charge on any atom is -0.379 e. The Balaban J connectivity index is 2.09. The summed E-state index contributed by atoms with van der Waals surface area (Å²) in [6.07, 6.45) is 1.10. The standard InChI is InChI=1S/C17H21N/c1-4-15-8-10-16(11-9-15)14(3)18-17-7-5-6-13(2)12-17/h5-12,14,18H,4H2,1-3H3. The molecule has 0 aromatic heterocycles. The van der Waals surface area contributed by atoms with Gasteiger partial charge in [-0.15, -0.1) is 0 Å². The molecule has 0 bridgehead atoms. The second kappa shape index (κ2) is 5.72. The molecule has 1 heteroatoms. The van der Waals surface area contributed by atoms with Gasteiger partial charge in [-0.3, -0.25) is 0 Å². The van der Waals surface area contributed by atoms with Gasteiger partial charge in [-0.05, 0) is 49.1 Å². The lowest BCUT2D eigenvalue weighted by molar-refractivity contribution is 0.882. The summed E-state index contributed by atoms with van der Waals surface area (Å²) in [7, 11) is 0. The predicted molar refractivity (Wildman–Crippen MR) is 79.0 cm³/mol. The van der Waals surface area contributed by atoms with Crippen LogP contribution >= 0.6 is 0 Å². The van der Waals surface area contributed by atoms with Crippen molar-refractivity contribution in [3.05, 3.63) is 65.2 Å². The van der Waals surface area contributed by atoms with Gasteiger partial charge in [0.1, 0.15) is 0 Å². The highest BCUT2D eigenvalue weighted by atomic mass is 14.9. The summed E-state index contributed by atoms with van der Waals surface area (Å²) in [6, 6.07) is 17.7. The molecule has 1 atom stereocenters. The van der Waals surface area contributed by atoms with E-state index in [-0.39, 0.29) is 0 Å². The highest BCUT2D eigenvalue weighted by Gasteiger charge is 2.04. The summed E-state index contributed by atoms with van der Waals surface area (Å²) in [5.74, 6) is 0. The van der Waals surface area contributed by atoms with Crippen molar-refractivity contribution in [2.75, 3.05) is 5.32 Å². The van der Waals surface area contributed by atoms with Crippen LogP contribution in [-0.4, -0.2) is 0 Å². The van der Waals surface area contributed by atoms with Crippen molar-refractivity contribution >= 4 is 5.69 Å². The lowest BCUT2D eigenvalue weighted by Crippen LogP contribution is -2.06. The molecule has 1 unspecified atom stereocenters. The predicted octanol–water partition coefficient (Wildman–Crippen LogP) is 4.73. The number of hydrogen-bond donors (Lipinski definition) is 1. The second-order valence-electron chi connectivity index (χ2n) is 4.83. The number of nitrogens with one attached hydrogen (secondary N) is 1. The first kappa shape index (κ1) is 12.7. The van der Waals surface area contributed by atoms with Gasteiger partial charge >= 0.3 is 0 Å². The Hall–Kier alpha value is -1.76. The molecule has 0 amide bonds. The number of aryl methyl sites for hydroxylation is 2. The van der Waals surface area contributed by atoms with Crippen LogP contribution in [0.4, 0.5) is 5.69 Å². The molecule has 0 saturated carbocycles. The number of anilines is 1. The van der Waals surface area contributed by atoms with Crippen LogP contribution in [0.1, 0.15) is 36.6 Å². The Morgan fingerprint density at radius 1 is 1.06 bits per heavy atom. The zero-order chi connectivity index (χ0) is 13.0. The van der Waals surface area contributed by atoms with Gasteiger partial charge in [-0.1, -0.05) is 43.3 Å². The SMILES string of the molecule is CCc1ccc(C(C)Nc2cccc(C)c2)cc1. The Morgan fingerprint density at radius 3 is 2.39 bits per heavy atom. The molecule has 1 nitrogen and oxygen atoms in total. The van der Waals surface area contributed by atoms with E-state index in [4.69, 9.17) is 0 Å². The molecule has 0 aliphatic heterocycles. The third-order valence-electron chi connectivity index (χ3n) is 3.29. The molecule has 0 radical (unpaired) electrons. The van der Waals surface area contributed by atoms with Crippen LogP contribution in [0.15, 0.2) is 48.5 Å². The molecule has 0 saturated heterocycles. The number of benzene rings is 2. The van der Waals surface area contributed by atoms with E-state index >= 15 is 0 Å². The Kier molecular flexibility index (Phi) is 4.03. The van der Waals surface area contributed by atoms with Crippen LogP contribution in [0, 0.1) is 6.92 Å². The summed E-state index contributed by atoms with van der Waals surface area (Å²) in [5, 5.41) is 3.54. The van der Waals surface area contributed by atoms with Crippen LogP contribution in [0.2, 0.25) is 0 Å². The maximum Gasteiger partial charge on any atom is 0.0485 e. The van der Waals surface area contributed by atoms with Crippen molar-refractivity contribution in [3.8, 4) is 0 Å². The van der Waals surface area contributed by atoms with Crippen LogP contribution in [0.25, 0.3) is 0 Å². The monoisotopic (exact) mass is 239 g/mol. The lowest BCUT2D eigenvalue weighted by Gasteiger charge is -2.16. The highest BCUT2D eigenvalue weighted by molar-refractivity contribution is 5.47. The number of hydrogen-bond acceptors (Lipinski definition) is 1.